The average molecular weight is 596 g/mol. The van der Waals surface area contributed by atoms with E-state index in [1.807, 2.05) is 0 Å². The Morgan fingerprint density at radius 1 is 1.12 bits per heavy atom. The van der Waals surface area contributed by atoms with E-state index in [9.17, 15) is 39.9 Å². The zero-order chi connectivity index (χ0) is 30.4. The fraction of sp³-hybridized carbons (Fsp3) is 0.538. The first-order valence-corrected chi connectivity index (χ1v) is 12.9. The molecule has 0 saturated heterocycles. The molecule has 3 aromatic heterocycles. The molecule has 2 N–H and O–H groups in total. The minimum atomic E-state index is -4.69. The van der Waals surface area contributed by atoms with Crippen molar-refractivity contribution in [2.45, 2.75) is 71.2 Å². The first-order valence-electron chi connectivity index (χ1n) is 12.9. The lowest BCUT2D eigenvalue weighted by atomic mass is 9.80. The van der Waals surface area contributed by atoms with E-state index in [2.05, 4.69) is 32.2 Å². The molecule has 0 aromatic carbocycles. The largest absolute Gasteiger partial charge is 0.471 e. The van der Waals surface area contributed by atoms with Crippen LogP contribution in [0.25, 0.3) is 11.2 Å². The van der Waals surface area contributed by atoms with Gasteiger partial charge in [0.15, 0.2) is 23.7 Å². The molecular formula is C26H29F8N5O2. The van der Waals surface area contributed by atoms with Gasteiger partial charge in [-0.1, -0.05) is 19.8 Å². The van der Waals surface area contributed by atoms with Crippen LogP contribution in [0.2, 0.25) is 0 Å². The van der Waals surface area contributed by atoms with Gasteiger partial charge in [-0.15, -0.1) is 0 Å². The van der Waals surface area contributed by atoms with Gasteiger partial charge in [-0.2, -0.15) is 36.3 Å². The van der Waals surface area contributed by atoms with Crippen molar-refractivity contribution in [1.82, 2.24) is 19.9 Å². The van der Waals surface area contributed by atoms with Crippen molar-refractivity contribution in [3.63, 3.8) is 0 Å². The summed E-state index contributed by atoms with van der Waals surface area (Å²) < 4.78 is 105. The molecule has 15 heteroatoms. The van der Waals surface area contributed by atoms with Crippen LogP contribution in [0.15, 0.2) is 24.4 Å². The van der Waals surface area contributed by atoms with Crippen LogP contribution in [0.1, 0.15) is 68.4 Å². The number of carbonyl (C=O) groups is 1. The monoisotopic (exact) mass is 595 g/mol. The molecule has 0 amide bonds. The number of Topliss-reactive ketones (excluding diaryl/α,β-unsaturated/α-hetero) is 1. The first kappa shape index (κ1) is 32.0. The van der Waals surface area contributed by atoms with Crippen LogP contribution < -0.4 is 10.1 Å². The number of carbonyl (C=O) groups excluding carboxylic acids is 1. The average Bonchev–Trinajstić information content (AvgIpc) is 3.28. The van der Waals surface area contributed by atoms with Gasteiger partial charge in [0.05, 0.1) is 22.7 Å². The van der Waals surface area contributed by atoms with E-state index < -0.39 is 42.8 Å². The lowest BCUT2D eigenvalue weighted by Crippen LogP contribution is -2.27. The summed E-state index contributed by atoms with van der Waals surface area (Å²) in [6.07, 6.45) is -5.95. The Morgan fingerprint density at radius 3 is 2.37 bits per heavy atom. The van der Waals surface area contributed by atoms with Crippen molar-refractivity contribution >= 4 is 28.6 Å². The number of nitrogens with one attached hydrogen (secondary N) is 2. The third-order valence-corrected chi connectivity index (χ3v) is 6.50. The highest BCUT2D eigenvalue weighted by molar-refractivity contribution is 5.99. The Morgan fingerprint density at radius 2 is 1.80 bits per heavy atom. The van der Waals surface area contributed by atoms with E-state index >= 15 is 0 Å². The maximum atomic E-state index is 13.0. The maximum Gasteiger partial charge on any atom is 0.435 e. The van der Waals surface area contributed by atoms with Crippen molar-refractivity contribution in [2.75, 3.05) is 11.9 Å². The number of hydrogen-bond acceptors (Lipinski definition) is 6. The second kappa shape index (κ2) is 13.4. The van der Waals surface area contributed by atoms with Gasteiger partial charge in [-0.05, 0) is 56.7 Å². The Labute approximate surface area is 230 Å². The van der Waals surface area contributed by atoms with Crippen molar-refractivity contribution < 1.29 is 44.7 Å². The number of aromatic nitrogens is 4. The van der Waals surface area contributed by atoms with Gasteiger partial charge in [0, 0.05) is 6.20 Å². The van der Waals surface area contributed by atoms with Gasteiger partial charge in [0.2, 0.25) is 11.8 Å². The van der Waals surface area contributed by atoms with Gasteiger partial charge in [0.25, 0.3) is 6.43 Å². The van der Waals surface area contributed by atoms with E-state index in [0.717, 1.165) is 37.9 Å². The third kappa shape index (κ3) is 8.98. The minimum Gasteiger partial charge on any atom is -0.471 e. The second-order valence-electron chi connectivity index (χ2n) is 9.63. The maximum absolute atomic E-state index is 13.0. The molecule has 4 rings (SSSR count). The number of pyridine rings is 2. The molecule has 3 heterocycles. The standard InChI is InChI=1S/C16H12F5N5O2.C10H17F3/c1-7(27)8-5-10-13(25-14(8)28-6-11(17)18)26-15(24-10)23-9-3-2-4-22-12(9)16(19,20)21;1-2-3-8-4-6-9(7-5-8)10(11,12)13/h2-5,11H,6H2,1H3,(H2,23,24,25,26);8-9H,2-7H2,1H3. The predicted octanol–water partition coefficient (Wildman–Crippen LogP) is 8.12. The number of halogens is 8. The Balaban J connectivity index is 0.000000298. The number of hydrogen-bond donors (Lipinski definition) is 2. The molecule has 0 radical (unpaired) electrons. The molecule has 0 bridgehead atoms. The highest BCUT2D eigenvalue weighted by atomic mass is 19.4. The number of imidazole rings is 1. The summed E-state index contributed by atoms with van der Waals surface area (Å²) in [5, 5.41) is 2.45. The zero-order valence-corrected chi connectivity index (χ0v) is 22.2. The van der Waals surface area contributed by atoms with E-state index in [1.165, 1.54) is 19.1 Å². The molecule has 1 aliphatic carbocycles. The number of ether oxygens (including phenoxy) is 1. The van der Waals surface area contributed by atoms with Crippen LogP contribution in [0.5, 0.6) is 5.88 Å². The fourth-order valence-electron chi connectivity index (χ4n) is 4.54. The highest BCUT2D eigenvalue weighted by Gasteiger charge is 2.41. The van der Waals surface area contributed by atoms with E-state index in [0.29, 0.717) is 18.8 Å². The summed E-state index contributed by atoms with van der Waals surface area (Å²) in [6.45, 7) is 2.31. The molecule has 7 nitrogen and oxygen atoms in total. The van der Waals surface area contributed by atoms with Crippen LogP contribution >= 0.6 is 0 Å². The molecule has 0 aliphatic heterocycles. The summed E-state index contributed by atoms with van der Waals surface area (Å²) in [5.74, 6) is -1.39. The number of aromatic amines is 1. The lowest BCUT2D eigenvalue weighted by molar-refractivity contribution is -0.184. The fourth-order valence-corrected chi connectivity index (χ4v) is 4.54. The quantitative estimate of drug-likeness (QED) is 0.202. The van der Waals surface area contributed by atoms with Gasteiger partial charge >= 0.3 is 12.4 Å². The van der Waals surface area contributed by atoms with Gasteiger partial charge in [-0.3, -0.25) is 4.79 Å². The van der Waals surface area contributed by atoms with E-state index in [-0.39, 0.29) is 34.2 Å². The van der Waals surface area contributed by atoms with Crippen molar-refractivity contribution in [2.24, 2.45) is 11.8 Å². The van der Waals surface area contributed by atoms with Crippen molar-refractivity contribution in [3.8, 4) is 5.88 Å². The molecule has 3 aromatic rings. The zero-order valence-electron chi connectivity index (χ0n) is 22.2. The molecule has 1 saturated carbocycles. The van der Waals surface area contributed by atoms with Crippen LogP contribution in [-0.4, -0.2) is 44.9 Å². The molecule has 0 spiro atoms. The molecule has 0 atom stereocenters. The molecular weight excluding hydrogens is 566 g/mol. The van der Waals surface area contributed by atoms with Crippen LogP contribution in [0.3, 0.4) is 0 Å². The Kier molecular flexibility index (Phi) is 10.5. The Bertz CT molecular complexity index is 1300. The van der Waals surface area contributed by atoms with Crippen LogP contribution in [-0.2, 0) is 6.18 Å². The van der Waals surface area contributed by atoms with Crippen LogP contribution in [0.4, 0.5) is 46.8 Å². The Hall–Kier alpha value is -3.52. The molecule has 1 fully saturated rings. The summed E-state index contributed by atoms with van der Waals surface area (Å²) in [6, 6.07) is 3.74. The SMILES string of the molecule is CC(=O)c1cc2[nH]c(Nc3cccnc3C(F)(F)F)nc2nc1OCC(F)F.CCCC1CCC(C(F)(F)F)CC1. The first-order chi connectivity index (χ1) is 19.2. The van der Waals surface area contributed by atoms with Crippen LogP contribution in [0, 0.1) is 11.8 Å². The molecule has 1 aliphatic rings. The van der Waals surface area contributed by atoms with Crippen molar-refractivity contribution in [1.29, 1.82) is 0 Å². The molecule has 41 heavy (non-hydrogen) atoms. The number of nitrogens with zero attached hydrogens (tertiary/aromatic N) is 3. The minimum absolute atomic E-state index is 0.0331. The summed E-state index contributed by atoms with van der Waals surface area (Å²) in [7, 11) is 0. The number of alkyl halides is 8. The summed E-state index contributed by atoms with van der Waals surface area (Å²) >= 11 is 0. The number of fused-ring (bicyclic) bond motifs is 1. The van der Waals surface area contributed by atoms with Gasteiger partial charge in [0.1, 0.15) is 0 Å². The number of anilines is 2. The van der Waals surface area contributed by atoms with Crippen molar-refractivity contribution in [3.05, 3.63) is 35.7 Å². The van der Waals surface area contributed by atoms with E-state index in [4.69, 9.17) is 4.74 Å². The normalized spacial score (nSPS) is 17.7. The lowest BCUT2D eigenvalue weighted by Gasteiger charge is -2.29. The second-order valence-corrected chi connectivity index (χ2v) is 9.63. The topological polar surface area (TPSA) is 92.8 Å². The third-order valence-electron chi connectivity index (χ3n) is 6.50. The summed E-state index contributed by atoms with van der Waals surface area (Å²) in [4.78, 5) is 25.6. The summed E-state index contributed by atoms with van der Waals surface area (Å²) in [5.41, 5.74) is -1.40. The van der Waals surface area contributed by atoms with Gasteiger partial charge < -0.3 is 15.0 Å². The number of H-pyrrole nitrogens is 1. The number of ketones is 1. The number of rotatable bonds is 8. The van der Waals surface area contributed by atoms with E-state index in [1.54, 1.807) is 0 Å². The smallest absolute Gasteiger partial charge is 0.435 e. The van der Waals surface area contributed by atoms with Gasteiger partial charge in [-0.25, -0.2) is 13.8 Å². The predicted molar refractivity (Wildman–Crippen MR) is 134 cm³/mol. The molecule has 226 valence electrons. The highest BCUT2D eigenvalue weighted by Crippen LogP contribution is 2.40. The molecule has 0 unspecified atom stereocenters.